The Kier molecular flexibility index (Phi) is 4.59. The molecule has 0 unspecified atom stereocenters. The van der Waals surface area contributed by atoms with Gasteiger partial charge in [0.25, 0.3) is 0 Å². The molecule has 2 rings (SSSR count). The van der Waals surface area contributed by atoms with Crippen molar-refractivity contribution in [2.24, 2.45) is 0 Å². The van der Waals surface area contributed by atoms with Gasteiger partial charge in [-0.25, -0.2) is 4.79 Å². The SMILES string of the molecule is CC(C)(C)OC(=O)N1CC(NCC2(O)CCCCC2)C1. The summed E-state index contributed by atoms with van der Waals surface area (Å²) >= 11 is 0. The number of nitrogens with zero attached hydrogens (tertiary/aromatic N) is 1. The zero-order valence-electron chi connectivity index (χ0n) is 12.9. The Morgan fingerprint density at radius 3 is 2.45 bits per heavy atom. The van der Waals surface area contributed by atoms with E-state index in [4.69, 9.17) is 4.74 Å². The molecule has 116 valence electrons. The van der Waals surface area contributed by atoms with E-state index < -0.39 is 11.2 Å². The maximum absolute atomic E-state index is 11.8. The van der Waals surface area contributed by atoms with Crippen LogP contribution in [-0.4, -0.2) is 53.0 Å². The Morgan fingerprint density at radius 2 is 1.90 bits per heavy atom. The van der Waals surface area contributed by atoms with Crippen LogP contribution >= 0.6 is 0 Å². The van der Waals surface area contributed by atoms with Gasteiger partial charge in [-0.3, -0.25) is 0 Å². The largest absolute Gasteiger partial charge is 0.444 e. The van der Waals surface area contributed by atoms with Crippen molar-refractivity contribution in [2.45, 2.75) is 70.1 Å². The van der Waals surface area contributed by atoms with Gasteiger partial charge in [-0.05, 0) is 33.6 Å². The smallest absolute Gasteiger partial charge is 0.410 e. The van der Waals surface area contributed by atoms with Gasteiger partial charge < -0.3 is 20.1 Å². The highest BCUT2D eigenvalue weighted by Crippen LogP contribution is 2.27. The molecule has 1 saturated heterocycles. The third-order valence-electron chi connectivity index (χ3n) is 4.04. The van der Waals surface area contributed by atoms with E-state index in [9.17, 15) is 9.90 Å². The van der Waals surface area contributed by atoms with Crippen LogP contribution in [0.2, 0.25) is 0 Å². The van der Waals surface area contributed by atoms with Crippen LogP contribution in [0.1, 0.15) is 52.9 Å². The molecular weight excluding hydrogens is 256 g/mol. The summed E-state index contributed by atoms with van der Waals surface area (Å²) in [4.78, 5) is 13.5. The van der Waals surface area contributed by atoms with Crippen LogP contribution in [-0.2, 0) is 4.74 Å². The zero-order chi connectivity index (χ0) is 14.8. The van der Waals surface area contributed by atoms with Crippen molar-refractivity contribution in [1.82, 2.24) is 10.2 Å². The van der Waals surface area contributed by atoms with Gasteiger partial charge in [-0.1, -0.05) is 19.3 Å². The van der Waals surface area contributed by atoms with Crippen LogP contribution in [0.15, 0.2) is 0 Å². The first-order valence-corrected chi connectivity index (χ1v) is 7.71. The van der Waals surface area contributed by atoms with Crippen molar-refractivity contribution in [3.63, 3.8) is 0 Å². The molecule has 0 aromatic carbocycles. The number of hydrogen-bond acceptors (Lipinski definition) is 4. The standard InChI is InChI=1S/C15H28N2O3/c1-14(2,3)20-13(18)17-9-12(10-17)16-11-15(19)7-5-4-6-8-15/h12,16,19H,4-11H2,1-3H3. The molecule has 1 heterocycles. The molecular formula is C15H28N2O3. The van der Waals surface area contributed by atoms with Gasteiger partial charge in [0.15, 0.2) is 0 Å². The number of carbonyl (C=O) groups excluding carboxylic acids is 1. The second-order valence-corrected chi connectivity index (χ2v) is 7.25. The maximum Gasteiger partial charge on any atom is 0.410 e. The monoisotopic (exact) mass is 284 g/mol. The first kappa shape index (κ1) is 15.6. The maximum atomic E-state index is 11.8. The van der Waals surface area contributed by atoms with Crippen LogP contribution in [0, 0.1) is 0 Å². The number of aliphatic hydroxyl groups is 1. The molecule has 1 saturated carbocycles. The van der Waals surface area contributed by atoms with Gasteiger partial charge in [-0.15, -0.1) is 0 Å². The van der Waals surface area contributed by atoms with Crippen molar-refractivity contribution >= 4 is 6.09 Å². The summed E-state index contributed by atoms with van der Waals surface area (Å²) in [6, 6.07) is 0.286. The average Bonchev–Trinajstić information content (AvgIpc) is 2.25. The lowest BCUT2D eigenvalue weighted by Gasteiger charge is -2.42. The summed E-state index contributed by atoms with van der Waals surface area (Å²) in [7, 11) is 0. The topological polar surface area (TPSA) is 61.8 Å². The normalized spacial score (nSPS) is 23.3. The lowest BCUT2D eigenvalue weighted by Crippen LogP contribution is -2.62. The molecule has 5 heteroatoms. The third kappa shape index (κ3) is 4.35. The molecule has 0 radical (unpaired) electrons. The van der Waals surface area contributed by atoms with E-state index in [1.54, 1.807) is 4.90 Å². The van der Waals surface area contributed by atoms with Gasteiger partial charge in [0.1, 0.15) is 5.60 Å². The van der Waals surface area contributed by atoms with Gasteiger partial charge in [0.2, 0.25) is 0 Å². The molecule has 0 spiro atoms. The number of hydrogen-bond donors (Lipinski definition) is 2. The summed E-state index contributed by atoms with van der Waals surface area (Å²) < 4.78 is 5.31. The van der Waals surface area contributed by atoms with E-state index in [-0.39, 0.29) is 12.1 Å². The molecule has 0 aromatic rings. The van der Waals surface area contributed by atoms with E-state index in [0.29, 0.717) is 19.6 Å². The van der Waals surface area contributed by atoms with E-state index >= 15 is 0 Å². The molecule has 2 N–H and O–H groups in total. The minimum absolute atomic E-state index is 0.244. The van der Waals surface area contributed by atoms with E-state index in [2.05, 4.69) is 5.32 Å². The fraction of sp³-hybridized carbons (Fsp3) is 0.933. The van der Waals surface area contributed by atoms with Crippen molar-refractivity contribution in [2.75, 3.05) is 19.6 Å². The number of rotatable bonds is 3. The summed E-state index contributed by atoms with van der Waals surface area (Å²) in [5.74, 6) is 0. The molecule has 0 atom stereocenters. The number of amides is 1. The minimum atomic E-state index is -0.537. The van der Waals surface area contributed by atoms with Crippen molar-refractivity contribution in [3.05, 3.63) is 0 Å². The molecule has 1 aliphatic carbocycles. The Labute approximate surface area is 121 Å². The van der Waals surface area contributed by atoms with Gasteiger partial charge in [0, 0.05) is 25.7 Å². The van der Waals surface area contributed by atoms with Crippen LogP contribution in [0.25, 0.3) is 0 Å². The van der Waals surface area contributed by atoms with E-state index in [0.717, 1.165) is 25.7 Å². The summed E-state index contributed by atoms with van der Waals surface area (Å²) in [6.07, 6.45) is 5.01. The zero-order valence-corrected chi connectivity index (χ0v) is 12.9. The fourth-order valence-corrected chi connectivity index (χ4v) is 2.80. The molecule has 1 amide bonds. The predicted molar refractivity (Wildman–Crippen MR) is 77.6 cm³/mol. The molecule has 0 bridgehead atoms. The van der Waals surface area contributed by atoms with E-state index in [1.165, 1.54) is 6.42 Å². The van der Waals surface area contributed by atoms with Crippen LogP contribution in [0.5, 0.6) is 0 Å². The number of carbonyl (C=O) groups is 1. The van der Waals surface area contributed by atoms with Gasteiger partial charge in [0.05, 0.1) is 5.60 Å². The summed E-state index contributed by atoms with van der Waals surface area (Å²) in [5, 5.41) is 13.8. The number of likely N-dealkylation sites (tertiary alicyclic amines) is 1. The van der Waals surface area contributed by atoms with E-state index in [1.807, 2.05) is 20.8 Å². The Balaban J connectivity index is 1.65. The molecule has 5 nitrogen and oxygen atoms in total. The highest BCUT2D eigenvalue weighted by atomic mass is 16.6. The lowest BCUT2D eigenvalue weighted by atomic mass is 9.84. The third-order valence-corrected chi connectivity index (χ3v) is 4.04. The fourth-order valence-electron chi connectivity index (χ4n) is 2.80. The van der Waals surface area contributed by atoms with Crippen molar-refractivity contribution in [3.8, 4) is 0 Å². The minimum Gasteiger partial charge on any atom is -0.444 e. The molecule has 0 aromatic heterocycles. The van der Waals surface area contributed by atoms with Crippen molar-refractivity contribution < 1.29 is 14.6 Å². The lowest BCUT2D eigenvalue weighted by molar-refractivity contribution is -0.0130. The molecule has 2 aliphatic rings. The highest BCUT2D eigenvalue weighted by Gasteiger charge is 2.36. The first-order valence-electron chi connectivity index (χ1n) is 7.71. The first-order chi connectivity index (χ1) is 9.27. The molecule has 20 heavy (non-hydrogen) atoms. The van der Waals surface area contributed by atoms with Crippen LogP contribution in [0.4, 0.5) is 4.79 Å². The van der Waals surface area contributed by atoms with Gasteiger partial charge >= 0.3 is 6.09 Å². The Bertz CT molecular complexity index is 340. The van der Waals surface area contributed by atoms with Crippen LogP contribution < -0.4 is 5.32 Å². The summed E-state index contributed by atoms with van der Waals surface area (Å²) in [5.41, 5.74) is -0.975. The van der Waals surface area contributed by atoms with Crippen LogP contribution in [0.3, 0.4) is 0 Å². The quantitative estimate of drug-likeness (QED) is 0.831. The molecule has 2 fully saturated rings. The predicted octanol–water partition coefficient (Wildman–Crippen LogP) is 1.89. The van der Waals surface area contributed by atoms with Gasteiger partial charge in [-0.2, -0.15) is 0 Å². The Hall–Kier alpha value is -0.810. The highest BCUT2D eigenvalue weighted by molar-refractivity contribution is 5.69. The molecule has 1 aliphatic heterocycles. The van der Waals surface area contributed by atoms with Crippen molar-refractivity contribution in [1.29, 1.82) is 0 Å². The number of nitrogens with one attached hydrogen (secondary N) is 1. The average molecular weight is 284 g/mol. The second-order valence-electron chi connectivity index (χ2n) is 7.25. The number of ether oxygens (including phenoxy) is 1. The summed E-state index contributed by atoms with van der Waals surface area (Å²) in [6.45, 7) is 7.60. The second kappa shape index (κ2) is 5.90. The Morgan fingerprint density at radius 1 is 1.30 bits per heavy atom.